The Kier molecular flexibility index (Phi) is 7.00. The first-order valence-corrected chi connectivity index (χ1v) is 7.36. The molecule has 0 N–H and O–H groups in total. The zero-order chi connectivity index (χ0) is 18.4. The molecule has 0 unspecified atom stereocenters. The predicted molar refractivity (Wildman–Crippen MR) is 85.3 cm³/mol. The van der Waals surface area contributed by atoms with E-state index < -0.39 is 34.7 Å². The van der Waals surface area contributed by atoms with Crippen molar-refractivity contribution in [2.75, 3.05) is 13.7 Å². The van der Waals surface area contributed by atoms with Gasteiger partial charge in [0.1, 0.15) is 13.7 Å². The summed E-state index contributed by atoms with van der Waals surface area (Å²) in [6.45, 7) is 5.56. The number of hydrogen-bond donors (Lipinski definition) is 0. The van der Waals surface area contributed by atoms with Crippen molar-refractivity contribution >= 4 is 11.5 Å². The van der Waals surface area contributed by atoms with Gasteiger partial charge in [-0.1, -0.05) is 17.2 Å². The van der Waals surface area contributed by atoms with Crippen LogP contribution in [0.25, 0.3) is 0 Å². The quantitative estimate of drug-likeness (QED) is 0.239. The topological polar surface area (TPSA) is 52.4 Å². The molecule has 1 aliphatic rings. The van der Waals surface area contributed by atoms with E-state index in [2.05, 4.69) is 6.08 Å². The molecule has 132 valence electrons. The summed E-state index contributed by atoms with van der Waals surface area (Å²) in [5.74, 6) is -7.69. The van der Waals surface area contributed by atoms with Crippen LogP contribution in [0, 0.1) is 5.21 Å². The fourth-order valence-electron chi connectivity index (χ4n) is 1.97. The lowest BCUT2D eigenvalue weighted by atomic mass is 10.1. The van der Waals surface area contributed by atoms with E-state index in [4.69, 9.17) is 4.74 Å². The molecule has 0 aromatic heterocycles. The highest BCUT2D eigenvalue weighted by molar-refractivity contribution is 6.49. The maximum absolute atomic E-state index is 13.8. The van der Waals surface area contributed by atoms with Gasteiger partial charge >= 0.3 is 5.71 Å². The maximum Gasteiger partial charge on any atom is 0.301 e. The third-order valence-corrected chi connectivity index (χ3v) is 3.28. The molecule has 7 heteroatoms. The number of hydrogen-bond acceptors (Lipinski definition) is 3. The zero-order valence-corrected chi connectivity index (χ0v) is 14.1. The average molecular weight is 343 g/mol. The van der Waals surface area contributed by atoms with Gasteiger partial charge in [-0.15, -0.1) is 0 Å². The summed E-state index contributed by atoms with van der Waals surface area (Å²) in [5, 5.41) is 11.0. The smallest absolute Gasteiger partial charge is 0.301 e. The summed E-state index contributed by atoms with van der Waals surface area (Å²) in [5.41, 5.74) is 0.892. The van der Waals surface area contributed by atoms with Gasteiger partial charge in [0.15, 0.2) is 5.76 Å². The van der Waals surface area contributed by atoms with E-state index in [1.807, 2.05) is 20.8 Å². The first-order chi connectivity index (χ1) is 11.2. The van der Waals surface area contributed by atoms with Crippen molar-refractivity contribution in [3.8, 4) is 0 Å². The fraction of sp³-hybridized carbons (Fsp3) is 0.412. The van der Waals surface area contributed by atoms with Crippen molar-refractivity contribution in [3.05, 3.63) is 51.7 Å². The molecule has 0 aliphatic heterocycles. The second-order valence-electron chi connectivity index (χ2n) is 5.63. The van der Waals surface area contributed by atoms with E-state index >= 15 is 0 Å². The Morgan fingerprint density at radius 2 is 1.75 bits per heavy atom. The molecule has 0 aromatic rings. The van der Waals surface area contributed by atoms with Gasteiger partial charge in [0.2, 0.25) is 17.5 Å². The number of nitrogens with zero attached hydrogens (tertiary/aromatic N) is 1. The molecule has 0 spiro atoms. The van der Waals surface area contributed by atoms with E-state index in [1.165, 1.54) is 5.57 Å². The normalized spacial score (nSPS) is 18.1. The van der Waals surface area contributed by atoms with E-state index in [0.717, 1.165) is 25.5 Å². The molecule has 24 heavy (non-hydrogen) atoms. The molecular weight excluding hydrogens is 323 g/mol. The van der Waals surface area contributed by atoms with Crippen LogP contribution in [-0.2, 0) is 9.53 Å². The molecule has 4 nitrogen and oxygen atoms in total. The Hall–Kier alpha value is -2.31. The number of hydroxylamine groups is 1. The number of rotatable bonds is 6. The van der Waals surface area contributed by atoms with Gasteiger partial charge in [-0.05, 0) is 39.7 Å². The van der Waals surface area contributed by atoms with Gasteiger partial charge in [-0.2, -0.15) is 13.2 Å². The first-order valence-electron chi connectivity index (χ1n) is 7.36. The molecule has 1 rings (SSSR count). The molecule has 0 fully saturated rings. The number of ketones is 1. The molecule has 1 aliphatic carbocycles. The fourth-order valence-corrected chi connectivity index (χ4v) is 1.97. The molecule has 0 saturated heterocycles. The second-order valence-corrected chi connectivity index (χ2v) is 5.63. The minimum absolute atomic E-state index is 0.221. The van der Waals surface area contributed by atoms with Gasteiger partial charge in [0.05, 0.1) is 0 Å². The summed E-state index contributed by atoms with van der Waals surface area (Å²) in [6, 6.07) is 0. The number of ether oxygens (including phenoxy) is 1. The molecular formula is C17H20F3NO3. The Morgan fingerprint density at radius 3 is 2.29 bits per heavy atom. The Morgan fingerprint density at radius 1 is 1.12 bits per heavy atom. The van der Waals surface area contributed by atoms with Crippen molar-refractivity contribution in [1.29, 1.82) is 0 Å². The molecule has 0 heterocycles. The highest BCUT2D eigenvalue weighted by Gasteiger charge is 2.41. The van der Waals surface area contributed by atoms with E-state index in [1.54, 1.807) is 6.08 Å². The summed E-state index contributed by atoms with van der Waals surface area (Å²) in [4.78, 5) is 11.6. The minimum Gasteiger partial charge on any atom is -0.623 e. The number of carbonyl (C=O) groups excluding carboxylic acids is 1. The third kappa shape index (κ3) is 4.84. The highest BCUT2D eigenvalue weighted by Crippen LogP contribution is 2.30. The van der Waals surface area contributed by atoms with Gasteiger partial charge < -0.3 is 9.94 Å². The van der Waals surface area contributed by atoms with Crippen LogP contribution in [0.15, 0.2) is 46.5 Å². The molecule has 0 aromatic carbocycles. The van der Waals surface area contributed by atoms with Crippen LogP contribution in [0.3, 0.4) is 0 Å². The monoisotopic (exact) mass is 343 g/mol. The Labute approximate surface area is 138 Å². The van der Waals surface area contributed by atoms with E-state index in [-0.39, 0.29) is 11.3 Å². The number of allylic oxidation sites excluding steroid dienone is 6. The van der Waals surface area contributed by atoms with Crippen LogP contribution < -0.4 is 0 Å². The largest absolute Gasteiger partial charge is 0.623 e. The lowest BCUT2D eigenvalue weighted by Crippen LogP contribution is -2.29. The maximum atomic E-state index is 13.8. The summed E-state index contributed by atoms with van der Waals surface area (Å²) >= 11 is 0. The van der Waals surface area contributed by atoms with Crippen molar-refractivity contribution in [3.63, 3.8) is 0 Å². The molecule has 0 amide bonds. The molecule has 0 bridgehead atoms. The summed E-state index contributed by atoms with van der Waals surface area (Å²) in [6.07, 6.45) is 5.19. The van der Waals surface area contributed by atoms with Crippen molar-refractivity contribution in [2.24, 2.45) is 0 Å². The number of carbonyl (C=O) groups is 1. The Balaban J connectivity index is 2.83. The summed E-state index contributed by atoms with van der Waals surface area (Å²) < 4.78 is 46.0. The zero-order valence-electron chi connectivity index (χ0n) is 14.1. The predicted octanol–water partition coefficient (Wildman–Crippen LogP) is 4.19. The highest BCUT2D eigenvalue weighted by atomic mass is 19.2. The molecule has 0 radical (unpaired) electrons. The van der Waals surface area contributed by atoms with Gasteiger partial charge in [-0.3, -0.25) is 4.79 Å². The number of halogens is 3. The van der Waals surface area contributed by atoms with Crippen LogP contribution in [0.4, 0.5) is 13.2 Å². The van der Waals surface area contributed by atoms with Gasteiger partial charge in [0.25, 0.3) is 5.78 Å². The molecule has 0 saturated carbocycles. The van der Waals surface area contributed by atoms with Gasteiger partial charge in [0, 0.05) is 0 Å². The third-order valence-electron chi connectivity index (χ3n) is 3.28. The van der Waals surface area contributed by atoms with Crippen LogP contribution in [0.5, 0.6) is 0 Å². The average Bonchev–Trinajstić information content (AvgIpc) is 2.48. The first kappa shape index (κ1) is 19.7. The van der Waals surface area contributed by atoms with Gasteiger partial charge in [-0.25, -0.2) is 4.74 Å². The van der Waals surface area contributed by atoms with Crippen LogP contribution in [0.2, 0.25) is 0 Å². The lowest BCUT2D eigenvalue weighted by molar-refractivity contribution is -0.421. The van der Waals surface area contributed by atoms with Crippen molar-refractivity contribution in [1.82, 2.24) is 0 Å². The van der Waals surface area contributed by atoms with E-state index in [0.29, 0.717) is 0 Å². The van der Waals surface area contributed by atoms with Crippen LogP contribution >= 0.6 is 0 Å². The standard InChI is InChI=1S/C17H20F3NO3/c1-10(2)6-5-7-11(3)8-9-24-17-13(19)12(18)15(21(4)23)16(22)14(17)20/h6,8H,5,7,9H2,1-4H3/b11-8+,21-15?. The summed E-state index contributed by atoms with van der Waals surface area (Å²) in [7, 11) is 0.776. The SMILES string of the molecule is CC(C)=CCC/C(C)=C/COC1=C(F)C(=O)C(=[N+](C)[O-])C(F)=C1F. The Bertz CT molecular complexity index is 677. The van der Waals surface area contributed by atoms with Crippen molar-refractivity contribution in [2.45, 2.75) is 33.6 Å². The minimum atomic E-state index is -1.72. The molecule has 0 atom stereocenters. The van der Waals surface area contributed by atoms with Crippen LogP contribution in [0.1, 0.15) is 33.6 Å². The second kappa shape index (κ2) is 8.52. The van der Waals surface area contributed by atoms with Crippen molar-refractivity contribution < 1.29 is 27.4 Å². The van der Waals surface area contributed by atoms with Crippen LogP contribution in [-0.4, -0.2) is 29.9 Å². The number of Topliss-reactive ketones (excluding diaryl/α,β-unsaturated/α-hetero) is 1. The van der Waals surface area contributed by atoms with E-state index in [9.17, 15) is 23.2 Å². The lowest BCUT2D eigenvalue weighted by Gasteiger charge is -2.14.